The number of rotatable bonds is 6. The van der Waals surface area contributed by atoms with Gasteiger partial charge in [0.05, 0.1) is 47.5 Å². The van der Waals surface area contributed by atoms with Gasteiger partial charge in [-0.2, -0.15) is 36.4 Å². The van der Waals surface area contributed by atoms with Gasteiger partial charge >= 0.3 is 12.4 Å². The largest absolute Gasteiger partial charge is 0.416 e. The van der Waals surface area contributed by atoms with E-state index in [9.17, 15) is 31.1 Å². The fraction of sp³-hybridized carbons (Fsp3) is 0.370. The Morgan fingerprint density at radius 3 is 2.51 bits per heavy atom. The number of likely N-dealkylation sites (N-methyl/N-ethyl adjacent to an activating group) is 1. The normalized spacial score (nSPS) is 18.0. The van der Waals surface area contributed by atoms with Crippen LogP contribution >= 0.6 is 11.8 Å². The van der Waals surface area contributed by atoms with Crippen LogP contribution in [0.15, 0.2) is 52.5 Å². The molecule has 0 radical (unpaired) electrons. The van der Waals surface area contributed by atoms with Crippen LogP contribution in [0.4, 0.5) is 26.3 Å². The number of aliphatic imine (C=N–C) groups is 1. The molecule has 0 bridgehead atoms. The smallest absolute Gasteiger partial charge is 0.379 e. The van der Waals surface area contributed by atoms with Gasteiger partial charge in [0.25, 0.3) is 5.91 Å². The number of thioether (sulfide) groups is 1. The molecule has 0 atom stereocenters. The van der Waals surface area contributed by atoms with Gasteiger partial charge in [-0.05, 0) is 53.2 Å². The maximum Gasteiger partial charge on any atom is 0.416 e. The molecule has 0 spiro atoms. The molecule has 1 amide bonds. The van der Waals surface area contributed by atoms with Crippen LogP contribution < -0.4 is 0 Å². The summed E-state index contributed by atoms with van der Waals surface area (Å²) in [4.78, 5) is 21.4. The first-order valence-corrected chi connectivity index (χ1v) is 13.5. The van der Waals surface area contributed by atoms with Crippen LogP contribution in [0.25, 0.3) is 17.0 Å². The molecular formula is C27H25F6N5O2S. The molecule has 1 fully saturated rings. The van der Waals surface area contributed by atoms with E-state index in [1.54, 1.807) is 24.3 Å². The van der Waals surface area contributed by atoms with Crippen molar-refractivity contribution in [3.8, 4) is 0 Å². The standard InChI is InChI=1S/C27H25F6N5O2S/c1-36(6-7-37-8-10-40-11-9-37)25-35-24(39)23(41-25)13-17-2-5-22-19(12-17)15-34-38(22)16-18-3-4-20(26(28,29)30)14-21(18)27(31,32)33/h2-5,12-15H,6-11,16H2,1H3. The molecule has 0 N–H and O–H groups in total. The second-order valence-corrected chi connectivity index (χ2v) is 10.7. The van der Waals surface area contributed by atoms with Crippen molar-refractivity contribution in [2.24, 2.45) is 4.99 Å². The lowest BCUT2D eigenvalue weighted by molar-refractivity contribution is -0.143. The van der Waals surface area contributed by atoms with Gasteiger partial charge in [0.1, 0.15) is 0 Å². The molecule has 3 heterocycles. The summed E-state index contributed by atoms with van der Waals surface area (Å²) in [7, 11) is 1.88. The molecule has 14 heteroatoms. The van der Waals surface area contributed by atoms with Gasteiger partial charge in [-0.25, -0.2) is 0 Å². The van der Waals surface area contributed by atoms with E-state index in [0.29, 0.717) is 52.4 Å². The van der Waals surface area contributed by atoms with E-state index in [0.717, 1.165) is 25.7 Å². The molecule has 5 rings (SSSR count). The number of amides is 1. The third kappa shape index (κ3) is 6.76. The van der Waals surface area contributed by atoms with E-state index in [-0.39, 0.29) is 24.1 Å². The number of alkyl halides is 6. The SMILES string of the molecule is CN(CCN1CCOCC1)C1=NC(=O)C(=Cc2ccc3c(cnn3Cc3ccc(C(F)(F)F)cc3C(F)(F)F)c2)S1. The first-order valence-electron chi connectivity index (χ1n) is 12.7. The van der Waals surface area contributed by atoms with Crippen molar-refractivity contribution in [3.05, 3.63) is 69.8 Å². The summed E-state index contributed by atoms with van der Waals surface area (Å²) in [6.45, 7) is 4.29. The quantitative estimate of drug-likeness (QED) is 0.282. The molecule has 218 valence electrons. The van der Waals surface area contributed by atoms with E-state index < -0.39 is 23.5 Å². The van der Waals surface area contributed by atoms with Crippen molar-refractivity contribution in [2.45, 2.75) is 18.9 Å². The summed E-state index contributed by atoms with van der Waals surface area (Å²) in [6.07, 6.45) is -6.72. The molecule has 1 aromatic heterocycles. The Balaban J connectivity index is 1.30. The van der Waals surface area contributed by atoms with Crippen LogP contribution in [0.3, 0.4) is 0 Å². The van der Waals surface area contributed by atoms with Gasteiger partial charge in [0.15, 0.2) is 5.17 Å². The Morgan fingerprint density at radius 2 is 1.80 bits per heavy atom. The van der Waals surface area contributed by atoms with Crippen LogP contribution in [0.1, 0.15) is 22.3 Å². The summed E-state index contributed by atoms with van der Waals surface area (Å²) in [5, 5.41) is 5.35. The molecule has 0 saturated carbocycles. The minimum atomic E-state index is -4.97. The number of amidine groups is 1. The number of halogens is 6. The summed E-state index contributed by atoms with van der Waals surface area (Å²) in [5.41, 5.74) is -1.90. The average molecular weight is 598 g/mol. The maximum atomic E-state index is 13.6. The Hall–Kier alpha value is -3.36. The van der Waals surface area contributed by atoms with Gasteiger partial charge < -0.3 is 9.64 Å². The van der Waals surface area contributed by atoms with Crippen molar-refractivity contribution in [1.29, 1.82) is 0 Å². The van der Waals surface area contributed by atoms with E-state index in [4.69, 9.17) is 4.74 Å². The number of benzene rings is 2. The zero-order valence-electron chi connectivity index (χ0n) is 21.8. The van der Waals surface area contributed by atoms with Crippen LogP contribution in [-0.2, 0) is 28.4 Å². The van der Waals surface area contributed by atoms with Crippen LogP contribution in [0.5, 0.6) is 0 Å². The first-order chi connectivity index (χ1) is 19.4. The van der Waals surface area contributed by atoms with Gasteiger partial charge in [0.2, 0.25) is 0 Å². The number of fused-ring (bicyclic) bond motifs is 1. The van der Waals surface area contributed by atoms with Gasteiger partial charge in [-0.3, -0.25) is 14.4 Å². The second-order valence-electron chi connectivity index (χ2n) is 9.67. The molecular weight excluding hydrogens is 572 g/mol. The number of hydrogen-bond acceptors (Lipinski definition) is 6. The van der Waals surface area contributed by atoms with E-state index in [2.05, 4.69) is 15.0 Å². The Morgan fingerprint density at radius 1 is 1.05 bits per heavy atom. The predicted molar refractivity (Wildman–Crippen MR) is 143 cm³/mol. The summed E-state index contributed by atoms with van der Waals surface area (Å²) in [6, 6.07) is 6.66. The Labute approximate surface area is 235 Å². The predicted octanol–water partition coefficient (Wildman–Crippen LogP) is 5.36. The maximum absolute atomic E-state index is 13.6. The number of carbonyl (C=O) groups is 1. The zero-order chi connectivity index (χ0) is 29.4. The fourth-order valence-corrected chi connectivity index (χ4v) is 5.46. The monoisotopic (exact) mass is 597 g/mol. The number of carbonyl (C=O) groups excluding carboxylic acids is 1. The molecule has 7 nitrogen and oxygen atoms in total. The fourth-order valence-electron chi connectivity index (χ4n) is 4.56. The van der Waals surface area contributed by atoms with Gasteiger partial charge in [0, 0.05) is 38.6 Å². The molecule has 0 unspecified atom stereocenters. The zero-order valence-corrected chi connectivity index (χ0v) is 22.6. The van der Waals surface area contributed by atoms with E-state index in [1.807, 2.05) is 11.9 Å². The Bertz CT molecular complexity index is 1510. The summed E-state index contributed by atoms with van der Waals surface area (Å²) in [5.74, 6) is -0.360. The van der Waals surface area contributed by atoms with Crippen LogP contribution in [0, 0.1) is 0 Å². The molecule has 1 saturated heterocycles. The van der Waals surface area contributed by atoms with Crippen LogP contribution in [0.2, 0.25) is 0 Å². The topological polar surface area (TPSA) is 63.0 Å². The van der Waals surface area contributed by atoms with E-state index in [1.165, 1.54) is 22.6 Å². The molecule has 0 aliphatic carbocycles. The van der Waals surface area contributed by atoms with Gasteiger partial charge in [-0.15, -0.1) is 0 Å². The lowest BCUT2D eigenvalue weighted by Crippen LogP contribution is -2.41. The highest BCUT2D eigenvalue weighted by Crippen LogP contribution is 2.38. The van der Waals surface area contributed by atoms with Crippen molar-refractivity contribution in [1.82, 2.24) is 19.6 Å². The lowest BCUT2D eigenvalue weighted by atomic mass is 10.0. The molecule has 2 aliphatic heterocycles. The highest BCUT2D eigenvalue weighted by Gasteiger charge is 2.38. The third-order valence-electron chi connectivity index (χ3n) is 6.82. The number of nitrogens with zero attached hydrogens (tertiary/aromatic N) is 5. The molecule has 2 aromatic carbocycles. The van der Waals surface area contributed by atoms with Gasteiger partial charge in [-0.1, -0.05) is 12.1 Å². The van der Waals surface area contributed by atoms with Crippen molar-refractivity contribution < 1.29 is 35.9 Å². The second kappa shape index (κ2) is 11.5. The molecule has 41 heavy (non-hydrogen) atoms. The Kier molecular flexibility index (Phi) is 8.17. The van der Waals surface area contributed by atoms with Crippen molar-refractivity contribution in [2.75, 3.05) is 46.4 Å². The minimum absolute atomic E-state index is 0.123. The number of aromatic nitrogens is 2. The number of ether oxygens (including phenoxy) is 1. The number of hydrogen-bond donors (Lipinski definition) is 0. The highest BCUT2D eigenvalue weighted by atomic mass is 32.2. The minimum Gasteiger partial charge on any atom is -0.379 e. The first kappa shape index (κ1) is 29.1. The van der Waals surface area contributed by atoms with Crippen molar-refractivity contribution >= 4 is 39.8 Å². The van der Waals surface area contributed by atoms with Crippen LogP contribution in [-0.4, -0.2) is 77.1 Å². The summed E-state index contributed by atoms with van der Waals surface area (Å²) >= 11 is 1.26. The lowest BCUT2D eigenvalue weighted by Gasteiger charge is -2.28. The van der Waals surface area contributed by atoms with E-state index >= 15 is 0 Å². The number of morpholine rings is 1. The third-order valence-corrected chi connectivity index (χ3v) is 7.92. The van der Waals surface area contributed by atoms with Crippen molar-refractivity contribution in [3.63, 3.8) is 0 Å². The highest BCUT2D eigenvalue weighted by molar-refractivity contribution is 8.18. The molecule has 2 aliphatic rings. The summed E-state index contributed by atoms with van der Waals surface area (Å²) < 4.78 is 86.5. The molecule has 3 aromatic rings. The average Bonchev–Trinajstić information content (AvgIpc) is 3.49.